The molecule has 4 heteroatoms. The quantitative estimate of drug-likeness (QED) is 0.217. The van der Waals surface area contributed by atoms with Crippen LogP contribution >= 0.6 is 0 Å². The Morgan fingerprint density at radius 1 is 0.575 bits per heavy atom. The van der Waals surface area contributed by atoms with E-state index in [1.807, 2.05) is 67.6 Å². The van der Waals surface area contributed by atoms with Gasteiger partial charge < -0.3 is 9.64 Å². The van der Waals surface area contributed by atoms with Gasteiger partial charge in [0, 0.05) is 11.1 Å². The van der Waals surface area contributed by atoms with Crippen LogP contribution in [0.15, 0.2) is 103 Å². The number of nitrogens with zero attached hydrogens (tertiary/aromatic N) is 3. The number of nitriles is 2. The first-order valence-corrected chi connectivity index (χ1v) is 12.9. The van der Waals surface area contributed by atoms with Gasteiger partial charge in [0.15, 0.2) is 11.5 Å². The fourth-order valence-corrected chi connectivity index (χ4v) is 5.08. The summed E-state index contributed by atoms with van der Waals surface area (Å²) in [6.45, 7) is 4.08. The van der Waals surface area contributed by atoms with E-state index in [1.54, 1.807) is 18.2 Å². The molecule has 4 nitrogen and oxygen atoms in total. The van der Waals surface area contributed by atoms with Gasteiger partial charge in [-0.05, 0) is 79.1 Å². The van der Waals surface area contributed by atoms with E-state index in [9.17, 15) is 10.5 Å². The van der Waals surface area contributed by atoms with Crippen molar-refractivity contribution >= 4 is 17.1 Å². The van der Waals surface area contributed by atoms with Gasteiger partial charge in [-0.15, -0.1) is 0 Å². The second-order valence-corrected chi connectivity index (χ2v) is 9.57. The largest absolute Gasteiger partial charge is 0.453 e. The third-order valence-corrected chi connectivity index (χ3v) is 7.07. The van der Waals surface area contributed by atoms with E-state index in [1.165, 1.54) is 0 Å². The first kappa shape index (κ1) is 24.6. The molecule has 0 amide bonds. The molecule has 0 radical (unpaired) electrons. The maximum Gasteiger partial charge on any atom is 0.151 e. The zero-order chi connectivity index (χ0) is 27.6. The zero-order valence-electron chi connectivity index (χ0n) is 22.1. The highest BCUT2D eigenvalue weighted by Crippen LogP contribution is 2.50. The Morgan fingerprint density at radius 3 is 1.85 bits per heavy atom. The second-order valence-electron chi connectivity index (χ2n) is 9.57. The monoisotopic (exact) mass is 513 g/mol. The topological polar surface area (TPSA) is 60.0 Å². The number of para-hydroxylation sites is 4. The van der Waals surface area contributed by atoms with E-state index in [0.29, 0.717) is 16.7 Å². The molecule has 1 aliphatic rings. The molecule has 1 aliphatic heterocycles. The van der Waals surface area contributed by atoms with E-state index in [0.717, 1.165) is 56.4 Å². The average Bonchev–Trinajstić information content (AvgIpc) is 2.99. The molecule has 0 atom stereocenters. The van der Waals surface area contributed by atoms with Crippen molar-refractivity contribution in [3.8, 4) is 46.6 Å². The number of ether oxygens (including phenoxy) is 1. The summed E-state index contributed by atoms with van der Waals surface area (Å²) in [7, 11) is 0. The van der Waals surface area contributed by atoms with Gasteiger partial charge >= 0.3 is 0 Å². The number of hydrogen-bond acceptors (Lipinski definition) is 4. The van der Waals surface area contributed by atoms with Crippen LogP contribution in [0.3, 0.4) is 0 Å². The molecule has 0 unspecified atom stereocenters. The number of anilines is 3. The van der Waals surface area contributed by atoms with Crippen molar-refractivity contribution < 1.29 is 4.74 Å². The predicted molar refractivity (Wildman–Crippen MR) is 158 cm³/mol. The molecule has 5 aromatic rings. The molecule has 0 fully saturated rings. The van der Waals surface area contributed by atoms with Crippen molar-refractivity contribution in [3.63, 3.8) is 0 Å². The van der Waals surface area contributed by atoms with Crippen LogP contribution in [0.4, 0.5) is 17.1 Å². The Balaban J connectivity index is 1.55. The molecule has 0 spiro atoms. The lowest BCUT2D eigenvalue weighted by Gasteiger charge is -2.33. The molecular weight excluding hydrogens is 490 g/mol. The fourth-order valence-electron chi connectivity index (χ4n) is 5.08. The van der Waals surface area contributed by atoms with E-state index in [-0.39, 0.29) is 0 Å². The summed E-state index contributed by atoms with van der Waals surface area (Å²) >= 11 is 0. The van der Waals surface area contributed by atoms with E-state index < -0.39 is 0 Å². The Morgan fingerprint density at radius 2 is 1.18 bits per heavy atom. The van der Waals surface area contributed by atoms with Crippen molar-refractivity contribution in [2.75, 3.05) is 4.90 Å². The lowest BCUT2D eigenvalue weighted by Crippen LogP contribution is -2.17. The van der Waals surface area contributed by atoms with Crippen molar-refractivity contribution in [3.05, 3.63) is 137 Å². The zero-order valence-corrected chi connectivity index (χ0v) is 22.1. The maximum atomic E-state index is 9.80. The van der Waals surface area contributed by atoms with Gasteiger partial charge in [0.1, 0.15) is 0 Å². The number of benzene rings is 5. The summed E-state index contributed by atoms with van der Waals surface area (Å²) in [5, 5.41) is 19.3. The predicted octanol–water partition coefficient (Wildman–Crippen LogP) is 8.69. The van der Waals surface area contributed by atoms with Crippen LogP contribution in [-0.4, -0.2) is 0 Å². The van der Waals surface area contributed by atoms with Crippen LogP contribution in [0.2, 0.25) is 0 Å². The highest BCUT2D eigenvalue weighted by molar-refractivity contribution is 5.89. The van der Waals surface area contributed by atoms with Crippen LogP contribution in [0.25, 0.3) is 11.1 Å². The summed E-state index contributed by atoms with van der Waals surface area (Å²) in [5.74, 6) is 8.51. The minimum atomic E-state index is 0.500. The molecule has 0 aromatic heterocycles. The minimum Gasteiger partial charge on any atom is -0.453 e. The molecule has 1 heterocycles. The van der Waals surface area contributed by atoms with Crippen molar-refractivity contribution in [2.45, 2.75) is 13.8 Å². The van der Waals surface area contributed by atoms with Crippen LogP contribution < -0.4 is 9.64 Å². The standard InChI is InChI=1S/C36H23N3O/c1-24-9-7-11-30(31-21-26(22-37)17-18-27(31)23-38)28(24)19-20-29-25(2)10-8-14-32(29)39-33-12-3-5-15-35(33)40-36-16-6-4-13-34(36)39/h3-18,21H,1-2H3. The lowest BCUT2D eigenvalue weighted by atomic mass is 9.92. The third kappa shape index (κ3) is 4.23. The SMILES string of the molecule is Cc1cccc(-c2cc(C#N)ccc2C#N)c1C#Cc1c(C)cccc1N1c2ccccc2Oc2ccccc21. The molecule has 0 saturated heterocycles. The Labute approximate surface area is 234 Å². The van der Waals surface area contributed by atoms with Crippen LogP contribution in [-0.2, 0) is 0 Å². The first-order valence-electron chi connectivity index (χ1n) is 12.9. The molecule has 5 aromatic carbocycles. The summed E-state index contributed by atoms with van der Waals surface area (Å²) in [6, 6.07) is 37.7. The van der Waals surface area contributed by atoms with Crippen LogP contribution in [0, 0.1) is 48.4 Å². The van der Waals surface area contributed by atoms with Crippen LogP contribution in [0.5, 0.6) is 11.5 Å². The van der Waals surface area contributed by atoms with E-state index in [2.05, 4.69) is 60.1 Å². The minimum absolute atomic E-state index is 0.500. The van der Waals surface area contributed by atoms with Gasteiger partial charge in [-0.2, -0.15) is 10.5 Å². The lowest BCUT2D eigenvalue weighted by molar-refractivity contribution is 0.477. The number of rotatable bonds is 2. The summed E-state index contributed by atoms with van der Waals surface area (Å²) in [4.78, 5) is 2.20. The molecule has 0 saturated carbocycles. The third-order valence-electron chi connectivity index (χ3n) is 7.07. The molecular formula is C36H23N3O. The molecule has 0 aliphatic carbocycles. The maximum absolute atomic E-state index is 9.80. The summed E-state index contributed by atoms with van der Waals surface area (Å²) < 4.78 is 6.22. The molecule has 0 bridgehead atoms. The normalized spacial score (nSPS) is 11.2. The van der Waals surface area contributed by atoms with E-state index in [4.69, 9.17) is 4.74 Å². The summed E-state index contributed by atoms with van der Waals surface area (Å²) in [6.07, 6.45) is 0. The number of hydrogen-bond donors (Lipinski definition) is 0. The van der Waals surface area contributed by atoms with Crippen LogP contribution in [0.1, 0.15) is 33.4 Å². The van der Waals surface area contributed by atoms with Gasteiger partial charge in [-0.1, -0.05) is 66.4 Å². The van der Waals surface area contributed by atoms with Gasteiger partial charge in [-0.3, -0.25) is 0 Å². The fraction of sp³-hybridized carbons (Fsp3) is 0.0556. The number of fused-ring (bicyclic) bond motifs is 2. The Kier molecular flexibility index (Phi) is 6.26. The van der Waals surface area contributed by atoms with Gasteiger partial charge in [0.25, 0.3) is 0 Å². The Bertz CT molecular complexity index is 1900. The average molecular weight is 514 g/mol. The smallest absolute Gasteiger partial charge is 0.151 e. The van der Waals surface area contributed by atoms with Crippen molar-refractivity contribution in [1.29, 1.82) is 10.5 Å². The highest BCUT2D eigenvalue weighted by Gasteiger charge is 2.27. The Hall–Kier alpha value is -5.76. The molecule has 188 valence electrons. The van der Waals surface area contributed by atoms with Crippen molar-refractivity contribution in [1.82, 2.24) is 0 Å². The number of aryl methyl sites for hydroxylation is 2. The van der Waals surface area contributed by atoms with E-state index >= 15 is 0 Å². The second kappa shape index (κ2) is 10.2. The highest BCUT2D eigenvalue weighted by atomic mass is 16.5. The van der Waals surface area contributed by atoms with Gasteiger partial charge in [0.05, 0.1) is 45.9 Å². The first-order chi connectivity index (χ1) is 19.6. The van der Waals surface area contributed by atoms with Gasteiger partial charge in [0.2, 0.25) is 0 Å². The van der Waals surface area contributed by atoms with Crippen molar-refractivity contribution in [2.24, 2.45) is 0 Å². The molecule has 0 N–H and O–H groups in total. The molecule has 6 rings (SSSR count). The molecule has 40 heavy (non-hydrogen) atoms. The summed E-state index contributed by atoms with van der Waals surface area (Å²) in [5.41, 5.74) is 9.14. The van der Waals surface area contributed by atoms with Gasteiger partial charge in [-0.25, -0.2) is 0 Å².